The summed E-state index contributed by atoms with van der Waals surface area (Å²) < 4.78 is 19.3. The third-order valence-corrected chi connectivity index (χ3v) is 6.18. The van der Waals surface area contributed by atoms with Crippen molar-refractivity contribution in [3.63, 3.8) is 0 Å². The Hall–Kier alpha value is -4.63. The quantitative estimate of drug-likeness (QED) is 0.313. The van der Waals surface area contributed by atoms with Gasteiger partial charge in [0.15, 0.2) is 0 Å². The van der Waals surface area contributed by atoms with Gasteiger partial charge in [0.2, 0.25) is 0 Å². The van der Waals surface area contributed by atoms with Crippen LogP contribution in [0.5, 0.6) is 5.75 Å². The molecule has 5 heterocycles. The second-order valence-corrected chi connectivity index (χ2v) is 9.06. The van der Waals surface area contributed by atoms with Crippen LogP contribution in [0.3, 0.4) is 0 Å². The van der Waals surface area contributed by atoms with E-state index in [0.29, 0.717) is 18.1 Å². The van der Waals surface area contributed by atoms with E-state index in [0.717, 1.165) is 56.6 Å². The van der Waals surface area contributed by atoms with Gasteiger partial charge in [0.1, 0.15) is 29.4 Å². The number of pyridine rings is 3. The topological polar surface area (TPSA) is 95.6 Å². The molecule has 0 amide bonds. The van der Waals surface area contributed by atoms with E-state index >= 15 is 0 Å². The van der Waals surface area contributed by atoms with Crippen molar-refractivity contribution >= 4 is 21.9 Å². The summed E-state index contributed by atoms with van der Waals surface area (Å²) in [5, 5.41) is 8.60. The second-order valence-electron chi connectivity index (χ2n) is 9.06. The number of fused-ring (bicyclic) bond motifs is 2. The Balaban J connectivity index is 1.37. The number of rotatable bonds is 7. The van der Waals surface area contributed by atoms with E-state index in [-0.39, 0.29) is 5.82 Å². The molecule has 6 rings (SSSR count). The fourth-order valence-corrected chi connectivity index (χ4v) is 4.27. The maximum Gasteiger partial charge on any atom is 0.138 e. The van der Waals surface area contributed by atoms with E-state index < -0.39 is 0 Å². The molecule has 0 radical (unpaired) electrons. The van der Waals surface area contributed by atoms with Crippen molar-refractivity contribution in [1.82, 2.24) is 35.0 Å². The van der Waals surface area contributed by atoms with E-state index in [1.807, 2.05) is 38.4 Å². The van der Waals surface area contributed by atoms with E-state index in [1.54, 1.807) is 36.9 Å². The number of likely N-dealkylation sites (N-methyl/N-ethyl adjacent to an activating group) is 1. The monoisotopic (exact) mass is 493 g/mol. The Morgan fingerprint density at radius 2 is 1.73 bits per heavy atom. The smallest absolute Gasteiger partial charge is 0.138 e. The van der Waals surface area contributed by atoms with Crippen LogP contribution < -0.4 is 4.74 Å². The Labute approximate surface area is 212 Å². The van der Waals surface area contributed by atoms with Gasteiger partial charge >= 0.3 is 0 Å². The highest BCUT2D eigenvalue weighted by molar-refractivity contribution is 6.00. The first kappa shape index (κ1) is 22.8. The van der Waals surface area contributed by atoms with Gasteiger partial charge in [0, 0.05) is 35.5 Å². The first-order chi connectivity index (χ1) is 18.0. The first-order valence-electron chi connectivity index (χ1n) is 11.9. The lowest BCUT2D eigenvalue weighted by Crippen LogP contribution is -2.19. The van der Waals surface area contributed by atoms with Crippen LogP contribution in [0, 0.1) is 5.82 Å². The van der Waals surface area contributed by atoms with Crippen molar-refractivity contribution in [3.05, 3.63) is 79.1 Å². The van der Waals surface area contributed by atoms with Crippen LogP contribution in [0.25, 0.3) is 55.7 Å². The van der Waals surface area contributed by atoms with Crippen molar-refractivity contribution in [2.24, 2.45) is 0 Å². The van der Waals surface area contributed by atoms with Gasteiger partial charge in [-0.25, -0.2) is 9.37 Å². The molecule has 0 aliphatic rings. The molecule has 5 aromatic heterocycles. The number of halogens is 1. The molecule has 0 fully saturated rings. The molecule has 0 bridgehead atoms. The maximum absolute atomic E-state index is 13.5. The molecule has 9 heteroatoms. The van der Waals surface area contributed by atoms with Gasteiger partial charge in [-0.05, 0) is 56.1 Å². The zero-order chi connectivity index (χ0) is 25.4. The Kier molecular flexibility index (Phi) is 5.82. The van der Waals surface area contributed by atoms with Crippen molar-refractivity contribution < 1.29 is 9.13 Å². The lowest BCUT2D eigenvalue weighted by Gasteiger charge is -2.11. The summed E-state index contributed by atoms with van der Waals surface area (Å²) in [7, 11) is 4.01. The number of H-pyrrole nitrogens is 2. The summed E-state index contributed by atoms with van der Waals surface area (Å²) >= 11 is 0. The lowest BCUT2D eigenvalue weighted by atomic mass is 10.0. The van der Waals surface area contributed by atoms with Gasteiger partial charge < -0.3 is 14.6 Å². The van der Waals surface area contributed by atoms with Crippen LogP contribution in [0.4, 0.5) is 4.39 Å². The molecule has 0 saturated heterocycles. The van der Waals surface area contributed by atoms with E-state index in [4.69, 9.17) is 9.72 Å². The summed E-state index contributed by atoms with van der Waals surface area (Å²) in [6, 6.07) is 14.3. The average molecular weight is 494 g/mol. The number of hydrogen-bond donors (Lipinski definition) is 2. The van der Waals surface area contributed by atoms with Crippen LogP contribution in [-0.4, -0.2) is 62.3 Å². The zero-order valence-electron chi connectivity index (χ0n) is 20.4. The summed E-state index contributed by atoms with van der Waals surface area (Å²) in [5.74, 6) is 0.425. The van der Waals surface area contributed by atoms with E-state index in [1.165, 1.54) is 12.1 Å². The highest BCUT2D eigenvalue weighted by Gasteiger charge is 2.16. The molecule has 37 heavy (non-hydrogen) atoms. The minimum absolute atomic E-state index is 0.274. The molecule has 184 valence electrons. The predicted molar refractivity (Wildman–Crippen MR) is 142 cm³/mol. The van der Waals surface area contributed by atoms with Crippen LogP contribution in [-0.2, 0) is 0 Å². The van der Waals surface area contributed by atoms with Gasteiger partial charge in [0.25, 0.3) is 0 Å². The standard InChI is InChI=1S/C28H24FN7O/c1-36(2)9-10-37-20-11-18(13-30-14-20)23-7-8-24-27(33-23)28(35-34-24)25-12-21-22(15-31-16-26(21)32-25)17-3-5-19(29)6-4-17/h3-8,11-16,32H,9-10H2,1-2H3,(H,34,35). The third kappa shape index (κ3) is 4.52. The molecule has 0 aliphatic carbocycles. The van der Waals surface area contributed by atoms with Crippen LogP contribution in [0.2, 0.25) is 0 Å². The molecule has 1 aromatic carbocycles. The largest absolute Gasteiger partial charge is 0.491 e. The molecular weight excluding hydrogens is 469 g/mol. The molecule has 0 atom stereocenters. The fourth-order valence-electron chi connectivity index (χ4n) is 4.27. The first-order valence-corrected chi connectivity index (χ1v) is 11.9. The number of nitrogens with one attached hydrogen (secondary N) is 2. The minimum atomic E-state index is -0.274. The molecule has 0 aliphatic heterocycles. The van der Waals surface area contributed by atoms with Crippen LogP contribution >= 0.6 is 0 Å². The maximum atomic E-state index is 13.5. The number of aromatic amines is 2. The SMILES string of the molecule is CN(C)CCOc1cncc(-c2ccc3[nH]nc(-c4cc5c(-c6ccc(F)cc6)cncc5[nH]4)c3n2)c1. The lowest BCUT2D eigenvalue weighted by molar-refractivity contribution is 0.261. The highest BCUT2D eigenvalue weighted by atomic mass is 19.1. The Bertz CT molecular complexity index is 1710. The van der Waals surface area contributed by atoms with Gasteiger partial charge in [-0.2, -0.15) is 5.10 Å². The van der Waals surface area contributed by atoms with E-state index in [2.05, 4.69) is 30.0 Å². The molecule has 8 nitrogen and oxygen atoms in total. The Morgan fingerprint density at radius 1 is 0.892 bits per heavy atom. The number of ether oxygens (including phenoxy) is 1. The summed E-state index contributed by atoms with van der Waals surface area (Å²) in [5.41, 5.74) is 7.34. The third-order valence-electron chi connectivity index (χ3n) is 6.18. The summed E-state index contributed by atoms with van der Waals surface area (Å²) in [4.78, 5) is 19.1. The van der Waals surface area contributed by atoms with Gasteiger partial charge in [-0.15, -0.1) is 0 Å². The molecule has 6 aromatic rings. The minimum Gasteiger partial charge on any atom is -0.491 e. The number of aromatic nitrogens is 6. The number of benzene rings is 1. The van der Waals surface area contributed by atoms with Gasteiger partial charge in [0.05, 0.1) is 34.8 Å². The van der Waals surface area contributed by atoms with Crippen molar-refractivity contribution in [3.8, 4) is 39.5 Å². The van der Waals surface area contributed by atoms with Crippen LogP contribution in [0.15, 0.2) is 73.3 Å². The predicted octanol–water partition coefficient (Wildman–Crippen LogP) is 5.31. The zero-order valence-corrected chi connectivity index (χ0v) is 20.4. The second kappa shape index (κ2) is 9.44. The van der Waals surface area contributed by atoms with Crippen LogP contribution in [0.1, 0.15) is 0 Å². The molecule has 0 spiro atoms. The normalized spacial score (nSPS) is 11.6. The van der Waals surface area contributed by atoms with Gasteiger partial charge in [-0.1, -0.05) is 12.1 Å². The van der Waals surface area contributed by atoms with E-state index in [9.17, 15) is 4.39 Å². The van der Waals surface area contributed by atoms with Crippen molar-refractivity contribution in [2.75, 3.05) is 27.2 Å². The molecule has 2 N–H and O–H groups in total. The fraction of sp³-hybridized carbons (Fsp3) is 0.143. The number of nitrogens with zero attached hydrogens (tertiary/aromatic N) is 5. The summed E-state index contributed by atoms with van der Waals surface area (Å²) in [6.45, 7) is 1.39. The molecular formula is C28H24FN7O. The van der Waals surface area contributed by atoms with Crippen molar-refractivity contribution in [2.45, 2.75) is 0 Å². The average Bonchev–Trinajstić information content (AvgIpc) is 3.53. The highest BCUT2D eigenvalue weighted by Crippen LogP contribution is 2.34. The Morgan fingerprint density at radius 3 is 2.57 bits per heavy atom. The van der Waals surface area contributed by atoms with Gasteiger partial charge in [-0.3, -0.25) is 15.1 Å². The summed E-state index contributed by atoms with van der Waals surface area (Å²) in [6.07, 6.45) is 7.04. The molecule has 0 saturated carbocycles. The molecule has 0 unspecified atom stereocenters. The van der Waals surface area contributed by atoms with Crippen molar-refractivity contribution in [1.29, 1.82) is 0 Å². The number of hydrogen-bond acceptors (Lipinski definition) is 6.